The molecule has 0 aliphatic heterocycles. The monoisotopic (exact) mass is 321 g/mol. The van der Waals surface area contributed by atoms with Crippen LogP contribution in [0.15, 0.2) is 30.4 Å². The molecule has 0 spiro atoms. The van der Waals surface area contributed by atoms with Gasteiger partial charge in [-0.1, -0.05) is 6.08 Å². The molecule has 6 nitrogen and oxygen atoms in total. The van der Waals surface area contributed by atoms with Crippen LogP contribution in [0.2, 0.25) is 0 Å². The van der Waals surface area contributed by atoms with Gasteiger partial charge in [0.05, 0.1) is 20.3 Å². The average Bonchev–Trinajstić information content (AvgIpc) is 2.53. The van der Waals surface area contributed by atoms with E-state index in [9.17, 15) is 9.59 Å². The van der Waals surface area contributed by atoms with Gasteiger partial charge in [0, 0.05) is 18.2 Å². The Balaban J connectivity index is 2.59. The van der Waals surface area contributed by atoms with E-state index in [1.165, 1.54) is 20.3 Å². The molecule has 0 aromatic heterocycles. The second kappa shape index (κ2) is 9.50. The Hall–Kier alpha value is -2.50. The van der Waals surface area contributed by atoms with E-state index in [1.54, 1.807) is 24.3 Å². The van der Waals surface area contributed by atoms with Crippen molar-refractivity contribution in [3.05, 3.63) is 35.9 Å². The fraction of sp³-hybridized carbons (Fsp3) is 0.412. The fourth-order valence-electron chi connectivity index (χ4n) is 1.78. The number of amides is 1. The van der Waals surface area contributed by atoms with Crippen molar-refractivity contribution in [3.8, 4) is 11.5 Å². The van der Waals surface area contributed by atoms with Gasteiger partial charge in [0.2, 0.25) is 0 Å². The molecule has 0 atom stereocenters. The molecular formula is C17H23NO5. The number of benzene rings is 1. The number of ether oxygens (including phenoxy) is 3. The van der Waals surface area contributed by atoms with Crippen molar-refractivity contribution in [1.82, 2.24) is 5.32 Å². The summed E-state index contributed by atoms with van der Waals surface area (Å²) in [6, 6.07) is 5.03. The summed E-state index contributed by atoms with van der Waals surface area (Å²) in [5, 5.41) is 2.76. The molecule has 1 aromatic carbocycles. The molecule has 1 rings (SSSR count). The summed E-state index contributed by atoms with van der Waals surface area (Å²) in [6.45, 7) is 4.25. The number of methoxy groups -OCH3 is 2. The molecule has 23 heavy (non-hydrogen) atoms. The molecule has 0 saturated heterocycles. The van der Waals surface area contributed by atoms with E-state index in [-0.39, 0.29) is 12.0 Å². The third-order valence-corrected chi connectivity index (χ3v) is 2.84. The minimum absolute atomic E-state index is 0.0187. The van der Waals surface area contributed by atoms with Gasteiger partial charge in [-0.3, -0.25) is 4.79 Å². The van der Waals surface area contributed by atoms with E-state index < -0.39 is 5.97 Å². The smallest absolute Gasteiger partial charge is 0.330 e. The van der Waals surface area contributed by atoms with Crippen molar-refractivity contribution in [1.29, 1.82) is 0 Å². The summed E-state index contributed by atoms with van der Waals surface area (Å²) in [7, 11) is 2.84. The van der Waals surface area contributed by atoms with Crippen molar-refractivity contribution in [2.45, 2.75) is 26.4 Å². The number of esters is 1. The lowest BCUT2D eigenvalue weighted by atomic mass is 10.2. The van der Waals surface area contributed by atoms with Crippen LogP contribution in [0.1, 0.15) is 30.6 Å². The molecule has 0 aliphatic rings. The Bertz CT molecular complexity index is 566. The lowest BCUT2D eigenvalue weighted by Crippen LogP contribution is -2.24. The Morgan fingerprint density at radius 3 is 2.57 bits per heavy atom. The average molecular weight is 321 g/mol. The van der Waals surface area contributed by atoms with Crippen LogP contribution in [0.25, 0.3) is 0 Å². The van der Waals surface area contributed by atoms with Gasteiger partial charge in [-0.05, 0) is 38.5 Å². The van der Waals surface area contributed by atoms with Gasteiger partial charge in [-0.2, -0.15) is 0 Å². The molecule has 1 amide bonds. The summed E-state index contributed by atoms with van der Waals surface area (Å²) < 4.78 is 15.3. The molecular weight excluding hydrogens is 298 g/mol. The number of rotatable bonds is 8. The van der Waals surface area contributed by atoms with Crippen LogP contribution in [-0.4, -0.2) is 38.7 Å². The van der Waals surface area contributed by atoms with Crippen molar-refractivity contribution in [2.75, 3.05) is 20.8 Å². The summed E-state index contributed by atoms with van der Waals surface area (Å²) in [5.41, 5.74) is 0.481. The van der Waals surface area contributed by atoms with Crippen molar-refractivity contribution < 1.29 is 23.8 Å². The Labute approximate surface area is 136 Å². The van der Waals surface area contributed by atoms with E-state index >= 15 is 0 Å². The van der Waals surface area contributed by atoms with E-state index in [4.69, 9.17) is 9.47 Å². The van der Waals surface area contributed by atoms with Gasteiger partial charge < -0.3 is 19.5 Å². The SMILES string of the molecule is COC(=O)/C=C/CCNC(=O)c1ccc(OC(C)C)c(OC)c1. The van der Waals surface area contributed by atoms with E-state index in [0.29, 0.717) is 30.0 Å². The number of carbonyl (C=O) groups is 2. The van der Waals surface area contributed by atoms with Crippen LogP contribution < -0.4 is 14.8 Å². The lowest BCUT2D eigenvalue weighted by molar-refractivity contribution is -0.134. The van der Waals surface area contributed by atoms with Crippen LogP contribution in [-0.2, 0) is 9.53 Å². The molecule has 0 saturated carbocycles. The number of carbonyl (C=O) groups excluding carboxylic acids is 2. The second-order valence-corrected chi connectivity index (χ2v) is 5.00. The quantitative estimate of drug-likeness (QED) is 0.452. The topological polar surface area (TPSA) is 73.9 Å². The third-order valence-electron chi connectivity index (χ3n) is 2.84. The maximum absolute atomic E-state index is 12.1. The summed E-state index contributed by atoms with van der Waals surface area (Å²) in [4.78, 5) is 23.0. The highest BCUT2D eigenvalue weighted by Crippen LogP contribution is 2.28. The predicted octanol–water partition coefficient (Wildman–Crippen LogP) is 2.33. The summed E-state index contributed by atoms with van der Waals surface area (Å²) in [5.74, 6) is 0.477. The number of hydrogen-bond donors (Lipinski definition) is 1. The summed E-state index contributed by atoms with van der Waals surface area (Å²) >= 11 is 0. The van der Waals surface area contributed by atoms with Gasteiger partial charge in [0.1, 0.15) is 0 Å². The van der Waals surface area contributed by atoms with Gasteiger partial charge in [-0.15, -0.1) is 0 Å². The van der Waals surface area contributed by atoms with Crippen LogP contribution in [0.3, 0.4) is 0 Å². The highest BCUT2D eigenvalue weighted by atomic mass is 16.5. The normalized spacial score (nSPS) is 10.7. The number of hydrogen-bond acceptors (Lipinski definition) is 5. The largest absolute Gasteiger partial charge is 0.493 e. The standard InChI is InChI=1S/C17H23NO5/c1-12(2)23-14-9-8-13(11-15(14)21-3)17(20)18-10-6-5-7-16(19)22-4/h5,7-9,11-12H,6,10H2,1-4H3,(H,18,20)/b7-5+. The molecule has 0 radical (unpaired) electrons. The van der Waals surface area contributed by atoms with E-state index in [1.807, 2.05) is 13.8 Å². The maximum atomic E-state index is 12.1. The minimum atomic E-state index is -0.415. The second-order valence-electron chi connectivity index (χ2n) is 5.00. The third kappa shape index (κ3) is 6.42. The summed E-state index contributed by atoms with van der Waals surface area (Å²) in [6.07, 6.45) is 3.52. The van der Waals surface area contributed by atoms with Gasteiger partial charge in [0.25, 0.3) is 5.91 Å². The molecule has 126 valence electrons. The highest BCUT2D eigenvalue weighted by molar-refractivity contribution is 5.94. The van der Waals surface area contributed by atoms with Crippen molar-refractivity contribution in [2.24, 2.45) is 0 Å². The maximum Gasteiger partial charge on any atom is 0.330 e. The fourth-order valence-corrected chi connectivity index (χ4v) is 1.78. The molecule has 0 bridgehead atoms. The number of nitrogens with one attached hydrogen (secondary N) is 1. The predicted molar refractivity (Wildman–Crippen MR) is 86.9 cm³/mol. The highest BCUT2D eigenvalue weighted by Gasteiger charge is 2.11. The van der Waals surface area contributed by atoms with Crippen LogP contribution >= 0.6 is 0 Å². The van der Waals surface area contributed by atoms with Crippen molar-refractivity contribution in [3.63, 3.8) is 0 Å². The van der Waals surface area contributed by atoms with Gasteiger partial charge in [0.15, 0.2) is 11.5 Å². The zero-order valence-corrected chi connectivity index (χ0v) is 13.9. The Kier molecular flexibility index (Phi) is 7.66. The first-order valence-electron chi connectivity index (χ1n) is 7.35. The Morgan fingerprint density at radius 2 is 1.96 bits per heavy atom. The van der Waals surface area contributed by atoms with E-state index in [2.05, 4.69) is 10.1 Å². The molecule has 0 aliphatic carbocycles. The minimum Gasteiger partial charge on any atom is -0.493 e. The molecule has 1 aromatic rings. The first kappa shape index (κ1) is 18.5. The van der Waals surface area contributed by atoms with Crippen molar-refractivity contribution >= 4 is 11.9 Å². The molecule has 6 heteroatoms. The van der Waals surface area contributed by atoms with Gasteiger partial charge >= 0.3 is 5.97 Å². The Morgan fingerprint density at radius 1 is 1.22 bits per heavy atom. The first-order valence-corrected chi connectivity index (χ1v) is 7.35. The zero-order valence-electron chi connectivity index (χ0n) is 13.9. The molecule has 0 heterocycles. The molecule has 0 fully saturated rings. The van der Waals surface area contributed by atoms with Crippen LogP contribution in [0.5, 0.6) is 11.5 Å². The first-order chi connectivity index (χ1) is 11.0. The molecule has 1 N–H and O–H groups in total. The zero-order chi connectivity index (χ0) is 17.2. The lowest BCUT2D eigenvalue weighted by Gasteiger charge is -2.14. The van der Waals surface area contributed by atoms with Gasteiger partial charge in [-0.25, -0.2) is 4.79 Å². The van der Waals surface area contributed by atoms with Crippen LogP contribution in [0.4, 0.5) is 0 Å². The van der Waals surface area contributed by atoms with Crippen LogP contribution in [0, 0.1) is 0 Å². The van der Waals surface area contributed by atoms with E-state index in [0.717, 1.165) is 0 Å². The molecule has 0 unspecified atom stereocenters.